The number of aromatic nitrogens is 5. The van der Waals surface area contributed by atoms with E-state index < -0.39 is 11.9 Å². The van der Waals surface area contributed by atoms with Gasteiger partial charge in [-0.15, -0.1) is 0 Å². The first kappa shape index (κ1) is 22.3. The summed E-state index contributed by atoms with van der Waals surface area (Å²) >= 11 is 0. The van der Waals surface area contributed by atoms with Crippen LogP contribution in [0.4, 0.5) is 19.0 Å². The minimum atomic E-state index is -4.42. The second kappa shape index (κ2) is 7.41. The first-order valence-corrected chi connectivity index (χ1v) is 11.9. The van der Waals surface area contributed by atoms with E-state index in [1.165, 1.54) is 0 Å². The lowest BCUT2D eigenvalue weighted by atomic mass is 9.34. The van der Waals surface area contributed by atoms with Gasteiger partial charge in [0.25, 0.3) is 0 Å². The van der Waals surface area contributed by atoms with Crippen LogP contribution < -0.4 is 9.64 Å². The van der Waals surface area contributed by atoms with Crippen LogP contribution in [0.3, 0.4) is 0 Å². The summed E-state index contributed by atoms with van der Waals surface area (Å²) in [5.74, 6) is 2.85. The smallest absolute Gasteiger partial charge is 0.434 e. The maximum atomic E-state index is 13.1. The van der Waals surface area contributed by atoms with Gasteiger partial charge in [-0.3, -0.25) is 4.98 Å². The summed E-state index contributed by atoms with van der Waals surface area (Å²) in [7, 11) is 1.66. The Morgan fingerprint density at radius 3 is 2.60 bits per heavy atom. The van der Waals surface area contributed by atoms with Crippen LogP contribution in [0.15, 0.2) is 30.7 Å². The number of halogens is 3. The Bertz CT molecular complexity index is 1280. The van der Waals surface area contributed by atoms with Gasteiger partial charge in [-0.2, -0.15) is 13.2 Å². The van der Waals surface area contributed by atoms with Crippen molar-refractivity contribution in [3.8, 4) is 17.1 Å². The molecule has 0 unspecified atom stereocenters. The topological polar surface area (TPSA) is 69.0 Å². The first-order valence-electron chi connectivity index (χ1n) is 11.9. The lowest BCUT2D eigenvalue weighted by Crippen LogP contribution is -2.69. The molecule has 35 heavy (non-hydrogen) atoms. The number of imidazole rings is 1. The molecule has 7 nitrogen and oxygen atoms in total. The van der Waals surface area contributed by atoms with Gasteiger partial charge in [0.2, 0.25) is 0 Å². The van der Waals surface area contributed by atoms with Gasteiger partial charge in [0.1, 0.15) is 12.4 Å². The molecule has 0 atom stereocenters. The van der Waals surface area contributed by atoms with Crippen molar-refractivity contribution in [3.63, 3.8) is 0 Å². The molecule has 0 radical (unpaired) electrons. The Hall–Kier alpha value is -3.17. The van der Waals surface area contributed by atoms with E-state index in [0.717, 1.165) is 49.1 Å². The van der Waals surface area contributed by atoms with Gasteiger partial charge >= 0.3 is 6.18 Å². The molecule has 0 saturated heterocycles. The van der Waals surface area contributed by atoms with Crippen molar-refractivity contribution in [2.75, 3.05) is 24.6 Å². The lowest BCUT2D eigenvalue weighted by Gasteiger charge is -2.71. The fourth-order valence-corrected chi connectivity index (χ4v) is 6.32. The van der Waals surface area contributed by atoms with Gasteiger partial charge in [0.15, 0.2) is 23.1 Å². The van der Waals surface area contributed by atoms with Gasteiger partial charge in [0.05, 0.1) is 18.4 Å². The number of hydrogen-bond donors (Lipinski definition) is 0. The summed E-state index contributed by atoms with van der Waals surface area (Å²) in [6.07, 6.45) is 2.72. The SMILES string of the molecule is CC(C)c1ncccc1-c1ncc2c(n1)N(CC13CC(c4nc(C(F)(F)F)cn4C)(C1)C3)CCO2. The van der Waals surface area contributed by atoms with Crippen molar-refractivity contribution in [3.05, 3.63) is 47.9 Å². The molecule has 3 fully saturated rings. The number of rotatable bonds is 5. The zero-order valence-electron chi connectivity index (χ0n) is 19.9. The number of alkyl halides is 3. The Kier molecular flexibility index (Phi) is 4.72. The Morgan fingerprint density at radius 1 is 1.14 bits per heavy atom. The molecule has 184 valence electrons. The molecule has 3 aliphatic carbocycles. The van der Waals surface area contributed by atoms with E-state index in [1.54, 1.807) is 24.0 Å². The van der Waals surface area contributed by atoms with E-state index in [-0.39, 0.29) is 16.7 Å². The predicted octanol–water partition coefficient (Wildman–Crippen LogP) is 4.74. The third-order valence-electron chi connectivity index (χ3n) is 7.59. The fraction of sp³-hybridized carbons (Fsp3) is 0.520. The summed E-state index contributed by atoms with van der Waals surface area (Å²) in [6.45, 7) is 6.25. The van der Waals surface area contributed by atoms with E-state index in [1.807, 2.05) is 12.1 Å². The fourth-order valence-electron chi connectivity index (χ4n) is 6.32. The first-order chi connectivity index (χ1) is 16.6. The molecule has 7 rings (SSSR count). The lowest BCUT2D eigenvalue weighted by molar-refractivity contribution is -0.145. The largest absolute Gasteiger partial charge is 0.486 e. The van der Waals surface area contributed by atoms with Crippen molar-refractivity contribution < 1.29 is 17.9 Å². The normalized spacial score (nSPS) is 25.1. The zero-order chi connectivity index (χ0) is 24.6. The van der Waals surface area contributed by atoms with Crippen LogP contribution >= 0.6 is 0 Å². The Balaban J connectivity index is 1.23. The highest BCUT2D eigenvalue weighted by atomic mass is 19.4. The second-order valence-corrected chi connectivity index (χ2v) is 10.6. The summed E-state index contributed by atoms with van der Waals surface area (Å²) in [5, 5.41) is 0. The van der Waals surface area contributed by atoms with E-state index >= 15 is 0 Å². The summed E-state index contributed by atoms with van der Waals surface area (Å²) in [6, 6.07) is 3.88. The number of hydrogen-bond acceptors (Lipinski definition) is 6. The molecule has 0 amide bonds. The summed E-state index contributed by atoms with van der Waals surface area (Å²) < 4.78 is 46.8. The van der Waals surface area contributed by atoms with Gasteiger partial charge < -0.3 is 14.2 Å². The van der Waals surface area contributed by atoms with Crippen LogP contribution in [0, 0.1) is 5.41 Å². The van der Waals surface area contributed by atoms with Crippen LogP contribution in [0.5, 0.6) is 5.75 Å². The molecule has 4 heterocycles. The molecule has 4 aliphatic rings. The highest BCUT2D eigenvalue weighted by Gasteiger charge is 2.70. The monoisotopic (exact) mass is 484 g/mol. The molecule has 3 saturated carbocycles. The Labute approximate surface area is 201 Å². The minimum Gasteiger partial charge on any atom is -0.486 e. The predicted molar refractivity (Wildman–Crippen MR) is 123 cm³/mol. The van der Waals surface area contributed by atoms with E-state index in [2.05, 4.69) is 33.7 Å². The number of ether oxygens (including phenoxy) is 1. The van der Waals surface area contributed by atoms with Crippen LogP contribution in [0.2, 0.25) is 0 Å². The molecule has 10 heteroatoms. The van der Waals surface area contributed by atoms with Crippen LogP contribution in [0.1, 0.15) is 56.2 Å². The van der Waals surface area contributed by atoms with Crippen molar-refractivity contribution >= 4 is 5.82 Å². The van der Waals surface area contributed by atoms with Crippen molar-refractivity contribution in [1.82, 2.24) is 24.5 Å². The van der Waals surface area contributed by atoms with E-state index in [9.17, 15) is 13.2 Å². The molecule has 0 aromatic carbocycles. The van der Waals surface area contributed by atoms with Crippen molar-refractivity contribution in [2.45, 2.75) is 50.6 Å². The zero-order valence-corrected chi connectivity index (χ0v) is 19.9. The molecular weight excluding hydrogens is 457 g/mol. The number of anilines is 1. The number of aryl methyl sites for hydroxylation is 1. The minimum absolute atomic E-state index is 0.0709. The van der Waals surface area contributed by atoms with Gasteiger partial charge in [-0.05, 0) is 42.7 Å². The average molecular weight is 485 g/mol. The van der Waals surface area contributed by atoms with Crippen molar-refractivity contribution in [2.24, 2.45) is 12.5 Å². The van der Waals surface area contributed by atoms with Crippen molar-refractivity contribution in [1.29, 1.82) is 0 Å². The highest BCUT2D eigenvalue weighted by Crippen LogP contribution is 2.73. The van der Waals surface area contributed by atoms with Gasteiger partial charge in [-0.1, -0.05) is 13.8 Å². The van der Waals surface area contributed by atoms with E-state index in [0.29, 0.717) is 30.5 Å². The number of pyridine rings is 1. The number of nitrogens with zero attached hydrogens (tertiary/aromatic N) is 6. The standard InChI is InChI=1S/C25H27F3N6O/c1-15(2)19-16(5-4-6-29-19)20-30-9-17-21(32-20)34(7-8-35-17)14-23-11-24(12-23,13-23)22-31-18(10-33(22)3)25(26,27)28/h4-6,9-10,15H,7-8,11-14H2,1-3H3. The van der Waals surface area contributed by atoms with Gasteiger partial charge in [-0.25, -0.2) is 15.0 Å². The summed E-state index contributed by atoms with van der Waals surface area (Å²) in [5.41, 5.74) is 0.880. The quantitative estimate of drug-likeness (QED) is 0.521. The van der Waals surface area contributed by atoms with Crippen LogP contribution in [0.25, 0.3) is 11.4 Å². The molecule has 1 aliphatic heterocycles. The molecule has 0 N–H and O–H groups in total. The van der Waals surface area contributed by atoms with Gasteiger partial charge in [0, 0.05) is 37.0 Å². The number of fused-ring (bicyclic) bond motifs is 1. The molecule has 2 bridgehead atoms. The van der Waals surface area contributed by atoms with Crippen LogP contribution in [-0.4, -0.2) is 44.2 Å². The Morgan fingerprint density at radius 2 is 1.91 bits per heavy atom. The summed E-state index contributed by atoms with van der Waals surface area (Å²) in [4.78, 5) is 20.2. The third-order valence-corrected chi connectivity index (χ3v) is 7.59. The van der Waals surface area contributed by atoms with Crippen LogP contribution in [-0.2, 0) is 18.6 Å². The maximum Gasteiger partial charge on any atom is 0.434 e. The molecule has 0 spiro atoms. The molecule has 3 aromatic rings. The highest BCUT2D eigenvalue weighted by molar-refractivity contribution is 5.64. The van der Waals surface area contributed by atoms with E-state index in [4.69, 9.17) is 9.72 Å². The average Bonchev–Trinajstić information content (AvgIpc) is 3.17. The maximum absolute atomic E-state index is 13.1. The molecular formula is C25H27F3N6O. The third kappa shape index (κ3) is 3.48. The molecule has 3 aromatic heterocycles. The second-order valence-electron chi connectivity index (χ2n) is 10.6.